The van der Waals surface area contributed by atoms with E-state index in [-0.39, 0.29) is 6.04 Å². The lowest BCUT2D eigenvalue weighted by Crippen LogP contribution is -2.38. The standard InChI is InChI=1S/C16H20Cl2N2S/c1-11(2)20(10-15-4-3-5-21-15)16(9-19)12-6-13(17)8-14(18)7-12/h3-8,11,16H,9-10,19H2,1-2H3. The third-order valence-electron chi connectivity index (χ3n) is 3.48. The molecule has 2 aromatic rings. The third-order valence-corrected chi connectivity index (χ3v) is 4.77. The summed E-state index contributed by atoms with van der Waals surface area (Å²) >= 11 is 14.0. The average molecular weight is 343 g/mol. The molecule has 2 N–H and O–H groups in total. The van der Waals surface area contributed by atoms with Crippen LogP contribution in [0.2, 0.25) is 10.0 Å². The van der Waals surface area contributed by atoms with Crippen LogP contribution < -0.4 is 5.73 Å². The highest BCUT2D eigenvalue weighted by molar-refractivity contribution is 7.09. The van der Waals surface area contributed by atoms with Gasteiger partial charge < -0.3 is 5.73 Å². The van der Waals surface area contributed by atoms with E-state index in [1.807, 2.05) is 12.1 Å². The Morgan fingerprint density at radius 3 is 2.33 bits per heavy atom. The lowest BCUT2D eigenvalue weighted by molar-refractivity contribution is 0.149. The van der Waals surface area contributed by atoms with Crippen molar-refractivity contribution in [1.29, 1.82) is 0 Å². The zero-order chi connectivity index (χ0) is 15.4. The number of hydrogen-bond donors (Lipinski definition) is 1. The summed E-state index contributed by atoms with van der Waals surface area (Å²) in [6.45, 7) is 5.77. The first-order chi connectivity index (χ1) is 10.0. The lowest BCUT2D eigenvalue weighted by atomic mass is 10.0. The van der Waals surface area contributed by atoms with Gasteiger partial charge in [0.1, 0.15) is 0 Å². The van der Waals surface area contributed by atoms with Crippen LogP contribution in [0.1, 0.15) is 30.3 Å². The largest absolute Gasteiger partial charge is 0.329 e. The molecule has 21 heavy (non-hydrogen) atoms. The van der Waals surface area contributed by atoms with Gasteiger partial charge in [-0.25, -0.2) is 0 Å². The minimum atomic E-state index is 0.100. The average Bonchev–Trinajstić information content (AvgIpc) is 2.90. The number of benzene rings is 1. The SMILES string of the molecule is CC(C)N(Cc1cccs1)C(CN)c1cc(Cl)cc(Cl)c1. The van der Waals surface area contributed by atoms with Crippen LogP contribution in [0.4, 0.5) is 0 Å². The van der Waals surface area contributed by atoms with E-state index >= 15 is 0 Å². The monoisotopic (exact) mass is 342 g/mol. The zero-order valence-electron chi connectivity index (χ0n) is 12.2. The first-order valence-electron chi connectivity index (χ1n) is 6.95. The van der Waals surface area contributed by atoms with Crippen LogP contribution in [0.25, 0.3) is 0 Å². The fraction of sp³-hybridized carbons (Fsp3) is 0.375. The summed E-state index contributed by atoms with van der Waals surface area (Å²) in [5.41, 5.74) is 7.12. The van der Waals surface area contributed by atoms with Crippen LogP contribution >= 0.6 is 34.5 Å². The molecule has 1 atom stereocenters. The van der Waals surface area contributed by atoms with E-state index in [1.165, 1.54) is 4.88 Å². The minimum absolute atomic E-state index is 0.100. The van der Waals surface area contributed by atoms with Crippen molar-refractivity contribution in [2.75, 3.05) is 6.54 Å². The Balaban J connectivity index is 2.30. The highest BCUT2D eigenvalue weighted by Crippen LogP contribution is 2.29. The number of halogens is 2. The van der Waals surface area contributed by atoms with Gasteiger partial charge in [0, 0.05) is 40.1 Å². The summed E-state index contributed by atoms with van der Waals surface area (Å²) in [4.78, 5) is 3.71. The molecule has 0 saturated carbocycles. The van der Waals surface area contributed by atoms with Crippen molar-refractivity contribution in [2.45, 2.75) is 32.5 Å². The highest BCUT2D eigenvalue weighted by Gasteiger charge is 2.23. The van der Waals surface area contributed by atoms with E-state index in [1.54, 1.807) is 17.4 Å². The van der Waals surface area contributed by atoms with Gasteiger partial charge >= 0.3 is 0 Å². The van der Waals surface area contributed by atoms with Gasteiger partial charge in [-0.15, -0.1) is 11.3 Å². The smallest absolute Gasteiger partial charge is 0.0478 e. The van der Waals surface area contributed by atoms with Gasteiger partial charge in [-0.2, -0.15) is 0 Å². The predicted octanol–water partition coefficient (Wildman–Crippen LogP) is 4.97. The maximum atomic E-state index is 6.14. The fourth-order valence-electron chi connectivity index (χ4n) is 2.47. The molecule has 114 valence electrons. The molecule has 0 fully saturated rings. The summed E-state index contributed by atoms with van der Waals surface area (Å²) in [5.74, 6) is 0. The molecule has 0 bridgehead atoms. The summed E-state index contributed by atoms with van der Waals surface area (Å²) in [6.07, 6.45) is 0. The number of rotatable bonds is 6. The summed E-state index contributed by atoms with van der Waals surface area (Å²) in [5, 5.41) is 3.40. The molecule has 1 aromatic carbocycles. The van der Waals surface area contributed by atoms with Crippen LogP contribution in [-0.2, 0) is 6.54 Å². The molecule has 0 amide bonds. The van der Waals surface area contributed by atoms with Crippen molar-refractivity contribution in [3.63, 3.8) is 0 Å². The number of nitrogens with zero attached hydrogens (tertiary/aromatic N) is 1. The van der Waals surface area contributed by atoms with Crippen LogP contribution in [0.15, 0.2) is 35.7 Å². The molecule has 2 nitrogen and oxygen atoms in total. The van der Waals surface area contributed by atoms with Gasteiger partial charge in [0.15, 0.2) is 0 Å². The highest BCUT2D eigenvalue weighted by atomic mass is 35.5. The molecule has 5 heteroatoms. The fourth-order valence-corrected chi connectivity index (χ4v) is 3.72. The van der Waals surface area contributed by atoms with E-state index in [0.29, 0.717) is 22.6 Å². The van der Waals surface area contributed by atoms with Crippen LogP contribution in [0, 0.1) is 0 Å². The van der Waals surface area contributed by atoms with Crippen molar-refractivity contribution in [3.05, 3.63) is 56.2 Å². The molecule has 0 spiro atoms. The number of nitrogens with two attached hydrogens (primary N) is 1. The molecule has 0 radical (unpaired) electrons. The van der Waals surface area contributed by atoms with Crippen LogP contribution in [0.3, 0.4) is 0 Å². The predicted molar refractivity (Wildman–Crippen MR) is 93.3 cm³/mol. The summed E-state index contributed by atoms with van der Waals surface area (Å²) in [6, 6.07) is 10.4. The van der Waals surface area contributed by atoms with Gasteiger partial charge in [-0.05, 0) is 49.1 Å². The third kappa shape index (κ3) is 4.44. The second kappa shape index (κ2) is 7.61. The van der Waals surface area contributed by atoms with Crippen molar-refractivity contribution in [1.82, 2.24) is 4.90 Å². The first kappa shape index (κ1) is 16.8. The Hall–Kier alpha value is -0.580. The van der Waals surface area contributed by atoms with Crippen molar-refractivity contribution in [3.8, 4) is 0 Å². The maximum Gasteiger partial charge on any atom is 0.0478 e. The van der Waals surface area contributed by atoms with E-state index in [4.69, 9.17) is 28.9 Å². The maximum absolute atomic E-state index is 6.14. The van der Waals surface area contributed by atoms with Gasteiger partial charge in [-0.3, -0.25) is 4.90 Å². The zero-order valence-corrected chi connectivity index (χ0v) is 14.6. The normalized spacial score (nSPS) is 13.1. The Bertz CT molecular complexity index is 549. The topological polar surface area (TPSA) is 29.3 Å². The molecule has 0 saturated heterocycles. The van der Waals surface area contributed by atoms with Crippen molar-refractivity contribution < 1.29 is 0 Å². The second-order valence-corrected chi connectivity index (χ2v) is 7.20. The van der Waals surface area contributed by atoms with Crippen LogP contribution in [-0.4, -0.2) is 17.5 Å². The molecule has 1 aromatic heterocycles. The van der Waals surface area contributed by atoms with E-state index < -0.39 is 0 Å². The molecule has 0 aliphatic rings. The second-order valence-electron chi connectivity index (χ2n) is 5.30. The van der Waals surface area contributed by atoms with Gasteiger partial charge in [0.25, 0.3) is 0 Å². The minimum Gasteiger partial charge on any atom is -0.329 e. The van der Waals surface area contributed by atoms with Crippen molar-refractivity contribution >= 4 is 34.5 Å². The first-order valence-corrected chi connectivity index (χ1v) is 8.59. The Morgan fingerprint density at radius 2 is 1.86 bits per heavy atom. The van der Waals surface area contributed by atoms with Crippen molar-refractivity contribution in [2.24, 2.45) is 5.73 Å². The molecule has 1 unspecified atom stereocenters. The molecule has 0 aliphatic heterocycles. The molecular weight excluding hydrogens is 323 g/mol. The van der Waals surface area contributed by atoms with E-state index in [0.717, 1.165) is 12.1 Å². The van der Waals surface area contributed by atoms with Crippen LogP contribution in [0.5, 0.6) is 0 Å². The van der Waals surface area contributed by atoms with E-state index in [2.05, 4.69) is 36.3 Å². The molecular formula is C16H20Cl2N2S. The summed E-state index contributed by atoms with van der Waals surface area (Å²) in [7, 11) is 0. The lowest BCUT2D eigenvalue weighted by Gasteiger charge is -2.34. The van der Waals surface area contributed by atoms with E-state index in [9.17, 15) is 0 Å². The van der Waals surface area contributed by atoms with Gasteiger partial charge in [0.2, 0.25) is 0 Å². The molecule has 2 rings (SSSR count). The molecule has 0 aliphatic carbocycles. The van der Waals surface area contributed by atoms with Gasteiger partial charge in [0.05, 0.1) is 0 Å². The Kier molecular flexibility index (Phi) is 6.08. The molecule has 1 heterocycles. The summed E-state index contributed by atoms with van der Waals surface area (Å²) < 4.78 is 0. The Labute approximate surface area is 140 Å². The van der Waals surface area contributed by atoms with Gasteiger partial charge in [-0.1, -0.05) is 29.3 Å². The number of hydrogen-bond acceptors (Lipinski definition) is 3. The number of thiophene rings is 1. The Morgan fingerprint density at radius 1 is 1.19 bits per heavy atom. The quantitative estimate of drug-likeness (QED) is 0.803.